The van der Waals surface area contributed by atoms with Crippen molar-refractivity contribution in [3.8, 4) is 0 Å². The van der Waals surface area contributed by atoms with Crippen LogP contribution in [-0.2, 0) is 0 Å². The van der Waals surface area contributed by atoms with Crippen LogP contribution in [0.4, 0.5) is 0 Å². The summed E-state index contributed by atoms with van der Waals surface area (Å²) in [7, 11) is 0. The molecule has 0 N–H and O–H groups in total. The fourth-order valence-corrected chi connectivity index (χ4v) is 3.68. The summed E-state index contributed by atoms with van der Waals surface area (Å²) in [5, 5.41) is 2.29. The molecule has 0 aliphatic rings. The van der Waals surface area contributed by atoms with Gasteiger partial charge in [0.25, 0.3) is 0 Å². The van der Waals surface area contributed by atoms with Gasteiger partial charge in [-0.3, -0.25) is 0 Å². The standard InChI is InChI=1S/C25H26S/c1-17-6-12-24(13-7-17)26-16-25(22-10-8-18(2)20(4)14-22)23-11-9-19(3)21(5)15-23/h6-16H,1-5H3. The second-order valence-corrected chi connectivity index (χ2v) is 8.00. The molecule has 0 amide bonds. The van der Waals surface area contributed by atoms with Crippen molar-refractivity contribution in [1.29, 1.82) is 0 Å². The van der Waals surface area contributed by atoms with E-state index in [1.807, 2.05) is 0 Å². The summed E-state index contributed by atoms with van der Waals surface area (Å²) < 4.78 is 0. The second kappa shape index (κ2) is 7.97. The van der Waals surface area contributed by atoms with E-state index >= 15 is 0 Å². The Morgan fingerprint density at radius 1 is 0.615 bits per heavy atom. The van der Waals surface area contributed by atoms with Crippen molar-refractivity contribution in [2.75, 3.05) is 0 Å². The Kier molecular flexibility index (Phi) is 5.68. The van der Waals surface area contributed by atoms with E-state index < -0.39 is 0 Å². The Labute approximate surface area is 162 Å². The number of hydrogen-bond acceptors (Lipinski definition) is 1. The zero-order valence-electron chi connectivity index (χ0n) is 16.3. The smallest absolute Gasteiger partial charge is 0.0116 e. The lowest BCUT2D eigenvalue weighted by Crippen LogP contribution is -1.92. The van der Waals surface area contributed by atoms with Gasteiger partial charge in [0.05, 0.1) is 0 Å². The van der Waals surface area contributed by atoms with E-state index in [4.69, 9.17) is 0 Å². The maximum Gasteiger partial charge on any atom is 0.0116 e. The second-order valence-electron chi connectivity index (χ2n) is 7.06. The third-order valence-electron chi connectivity index (χ3n) is 4.97. The minimum absolute atomic E-state index is 1.26. The molecule has 132 valence electrons. The van der Waals surface area contributed by atoms with E-state index in [-0.39, 0.29) is 0 Å². The van der Waals surface area contributed by atoms with E-state index in [1.165, 1.54) is 49.4 Å². The monoisotopic (exact) mass is 358 g/mol. The highest BCUT2D eigenvalue weighted by Gasteiger charge is 2.08. The van der Waals surface area contributed by atoms with Crippen molar-refractivity contribution >= 4 is 17.3 Å². The molecule has 0 unspecified atom stereocenters. The molecule has 1 heteroatoms. The molecule has 0 nitrogen and oxygen atoms in total. The van der Waals surface area contributed by atoms with Gasteiger partial charge in [-0.15, -0.1) is 0 Å². The van der Waals surface area contributed by atoms with Crippen LogP contribution in [0.1, 0.15) is 38.9 Å². The van der Waals surface area contributed by atoms with Crippen molar-refractivity contribution < 1.29 is 0 Å². The predicted octanol–water partition coefficient (Wildman–Crippen LogP) is 7.41. The summed E-state index contributed by atoms with van der Waals surface area (Å²) in [6.45, 7) is 10.8. The van der Waals surface area contributed by atoms with Crippen LogP contribution in [0, 0.1) is 34.6 Å². The van der Waals surface area contributed by atoms with Crippen LogP contribution in [0.25, 0.3) is 5.57 Å². The third-order valence-corrected chi connectivity index (χ3v) is 5.87. The van der Waals surface area contributed by atoms with Crippen molar-refractivity contribution in [3.05, 3.63) is 105 Å². The molecule has 0 heterocycles. The summed E-state index contributed by atoms with van der Waals surface area (Å²) in [5.74, 6) is 0. The molecule has 26 heavy (non-hydrogen) atoms. The van der Waals surface area contributed by atoms with E-state index in [9.17, 15) is 0 Å². The van der Waals surface area contributed by atoms with Crippen molar-refractivity contribution in [3.63, 3.8) is 0 Å². The molecule has 0 aliphatic heterocycles. The molecule has 0 spiro atoms. The van der Waals surface area contributed by atoms with E-state index in [0.717, 1.165) is 0 Å². The van der Waals surface area contributed by atoms with Crippen molar-refractivity contribution in [1.82, 2.24) is 0 Å². The Hall–Kier alpha value is -2.25. The molecular formula is C25H26S. The minimum Gasteiger partial charge on any atom is -0.0974 e. The van der Waals surface area contributed by atoms with Gasteiger partial charge in [-0.25, -0.2) is 0 Å². The molecule has 0 bridgehead atoms. The maximum absolute atomic E-state index is 2.30. The van der Waals surface area contributed by atoms with Crippen LogP contribution in [0.15, 0.2) is 71.0 Å². The first-order valence-corrected chi connectivity index (χ1v) is 9.91. The van der Waals surface area contributed by atoms with E-state index in [1.54, 1.807) is 11.8 Å². The Bertz CT molecular complexity index is 893. The summed E-state index contributed by atoms with van der Waals surface area (Å²) in [5.41, 5.74) is 10.4. The largest absolute Gasteiger partial charge is 0.0974 e. The van der Waals surface area contributed by atoms with Gasteiger partial charge in [-0.05, 0) is 91.1 Å². The molecule has 0 aliphatic carbocycles. The van der Waals surface area contributed by atoms with Crippen LogP contribution in [0.2, 0.25) is 0 Å². The zero-order chi connectivity index (χ0) is 18.7. The van der Waals surface area contributed by atoms with E-state index in [0.29, 0.717) is 0 Å². The van der Waals surface area contributed by atoms with Gasteiger partial charge < -0.3 is 0 Å². The molecule has 0 fully saturated rings. The fraction of sp³-hybridized carbons (Fsp3) is 0.200. The normalized spacial score (nSPS) is 10.7. The molecule has 3 aromatic rings. The van der Waals surface area contributed by atoms with Crippen molar-refractivity contribution in [2.45, 2.75) is 39.5 Å². The molecule has 0 atom stereocenters. The van der Waals surface area contributed by atoms with Crippen LogP contribution in [0.3, 0.4) is 0 Å². The maximum atomic E-state index is 2.30. The average Bonchev–Trinajstić information content (AvgIpc) is 2.62. The lowest BCUT2D eigenvalue weighted by atomic mass is 9.94. The van der Waals surface area contributed by atoms with Crippen LogP contribution < -0.4 is 0 Å². The van der Waals surface area contributed by atoms with Crippen LogP contribution in [0.5, 0.6) is 0 Å². The summed E-state index contributed by atoms with van der Waals surface area (Å²) in [4.78, 5) is 1.26. The van der Waals surface area contributed by atoms with Gasteiger partial charge in [0, 0.05) is 4.90 Å². The van der Waals surface area contributed by atoms with Gasteiger partial charge in [-0.2, -0.15) is 0 Å². The molecule has 0 aromatic heterocycles. The highest BCUT2D eigenvalue weighted by Crippen LogP contribution is 2.31. The zero-order valence-corrected chi connectivity index (χ0v) is 17.1. The predicted molar refractivity (Wildman–Crippen MR) is 116 cm³/mol. The molecule has 0 saturated heterocycles. The fourth-order valence-electron chi connectivity index (χ4n) is 2.86. The highest BCUT2D eigenvalue weighted by molar-refractivity contribution is 8.02. The Morgan fingerprint density at radius 3 is 1.58 bits per heavy atom. The first-order chi connectivity index (χ1) is 12.4. The number of rotatable bonds is 4. The van der Waals surface area contributed by atoms with Crippen LogP contribution in [-0.4, -0.2) is 0 Å². The quantitative estimate of drug-likeness (QED) is 0.437. The lowest BCUT2D eigenvalue weighted by molar-refractivity contribution is 1.31. The van der Waals surface area contributed by atoms with Gasteiger partial charge in [0.15, 0.2) is 0 Å². The third kappa shape index (κ3) is 4.28. The topological polar surface area (TPSA) is 0 Å². The first kappa shape index (κ1) is 18.5. The molecule has 0 saturated carbocycles. The molecule has 0 radical (unpaired) electrons. The highest BCUT2D eigenvalue weighted by atomic mass is 32.2. The van der Waals surface area contributed by atoms with Gasteiger partial charge >= 0.3 is 0 Å². The van der Waals surface area contributed by atoms with Gasteiger partial charge in [0.2, 0.25) is 0 Å². The Balaban J connectivity index is 2.05. The number of benzene rings is 3. The van der Waals surface area contributed by atoms with Gasteiger partial charge in [-0.1, -0.05) is 65.9 Å². The van der Waals surface area contributed by atoms with Crippen LogP contribution >= 0.6 is 11.8 Å². The van der Waals surface area contributed by atoms with Crippen molar-refractivity contribution in [2.24, 2.45) is 0 Å². The molecular weight excluding hydrogens is 332 g/mol. The summed E-state index contributed by atoms with van der Waals surface area (Å²) in [6, 6.07) is 22.2. The Morgan fingerprint density at radius 2 is 1.12 bits per heavy atom. The molecule has 3 rings (SSSR count). The summed E-state index contributed by atoms with van der Waals surface area (Å²) in [6.07, 6.45) is 0. The minimum atomic E-state index is 1.26. The summed E-state index contributed by atoms with van der Waals surface area (Å²) >= 11 is 1.78. The number of aryl methyl sites for hydroxylation is 5. The SMILES string of the molecule is Cc1ccc(SC=C(c2ccc(C)c(C)c2)c2ccc(C)c(C)c2)cc1. The first-order valence-electron chi connectivity index (χ1n) is 9.03. The number of hydrogen-bond donors (Lipinski definition) is 0. The van der Waals surface area contributed by atoms with Gasteiger partial charge in [0.1, 0.15) is 0 Å². The number of thioether (sulfide) groups is 1. The molecule has 3 aromatic carbocycles. The van der Waals surface area contributed by atoms with E-state index in [2.05, 4.69) is 101 Å². The lowest BCUT2D eigenvalue weighted by Gasteiger charge is -2.13. The average molecular weight is 359 g/mol.